The van der Waals surface area contributed by atoms with Crippen LogP contribution in [0.25, 0.3) is 0 Å². The molecule has 0 bridgehead atoms. The molecule has 0 amide bonds. The molecule has 2 nitrogen and oxygen atoms in total. The van der Waals surface area contributed by atoms with E-state index in [2.05, 4.69) is 12.2 Å². The lowest BCUT2D eigenvalue weighted by molar-refractivity contribution is 0.525. The molecule has 0 rings (SSSR count). The summed E-state index contributed by atoms with van der Waals surface area (Å²) < 4.78 is 0. The van der Waals surface area contributed by atoms with E-state index < -0.39 is 0 Å². The lowest BCUT2D eigenvalue weighted by Gasteiger charge is -2.10. The molecule has 1 atom stereocenters. The van der Waals surface area contributed by atoms with Gasteiger partial charge < -0.3 is 11.1 Å². The van der Waals surface area contributed by atoms with Crippen LogP contribution in [0.4, 0.5) is 0 Å². The Balaban J connectivity index is 3.07. The molecule has 2 heteroatoms. The zero-order valence-corrected chi connectivity index (χ0v) is 5.78. The van der Waals surface area contributed by atoms with Gasteiger partial charge in [0, 0.05) is 12.6 Å². The molecule has 0 saturated carbocycles. The summed E-state index contributed by atoms with van der Waals surface area (Å²) in [5.41, 5.74) is 5.41. The molecule has 0 fully saturated rings. The quantitative estimate of drug-likeness (QED) is 0.555. The van der Waals surface area contributed by atoms with Gasteiger partial charge in [0.25, 0.3) is 0 Å². The molecular formula is C6H16N2. The van der Waals surface area contributed by atoms with Gasteiger partial charge in [-0.3, -0.25) is 0 Å². The van der Waals surface area contributed by atoms with E-state index in [0.29, 0.717) is 6.04 Å². The van der Waals surface area contributed by atoms with Crippen molar-refractivity contribution in [2.75, 3.05) is 13.6 Å². The van der Waals surface area contributed by atoms with Crippen LogP contribution in [0.3, 0.4) is 0 Å². The first kappa shape index (κ1) is 7.92. The summed E-state index contributed by atoms with van der Waals surface area (Å²) in [7, 11) is 1.95. The Morgan fingerprint density at radius 1 is 1.62 bits per heavy atom. The highest BCUT2D eigenvalue weighted by Crippen LogP contribution is 1.91. The monoisotopic (exact) mass is 116 g/mol. The van der Waals surface area contributed by atoms with Crippen LogP contribution >= 0.6 is 0 Å². The zero-order chi connectivity index (χ0) is 6.41. The molecule has 50 valence electrons. The minimum atomic E-state index is 0.528. The summed E-state index contributed by atoms with van der Waals surface area (Å²) in [5, 5.41) is 3.13. The fourth-order valence-electron chi connectivity index (χ4n) is 0.729. The average molecular weight is 116 g/mol. The van der Waals surface area contributed by atoms with Crippen LogP contribution < -0.4 is 11.1 Å². The predicted octanol–water partition coefficient (Wildman–Crippen LogP) is 0.333. The number of nitrogens with two attached hydrogens (primary N) is 1. The molecule has 0 unspecified atom stereocenters. The molecule has 0 saturated heterocycles. The Bertz CT molecular complexity index is 41.8. The normalized spacial score (nSPS) is 13.9. The van der Waals surface area contributed by atoms with Crippen molar-refractivity contribution in [2.24, 2.45) is 5.73 Å². The van der Waals surface area contributed by atoms with Gasteiger partial charge in [-0.15, -0.1) is 0 Å². The van der Waals surface area contributed by atoms with Gasteiger partial charge in [-0.1, -0.05) is 13.3 Å². The van der Waals surface area contributed by atoms with Crippen molar-refractivity contribution in [3.8, 4) is 0 Å². The molecule has 0 aromatic heterocycles. The predicted molar refractivity (Wildman–Crippen MR) is 36.8 cm³/mol. The van der Waals surface area contributed by atoms with Gasteiger partial charge in [-0.2, -0.15) is 0 Å². The van der Waals surface area contributed by atoms with Gasteiger partial charge in [-0.05, 0) is 13.5 Å². The summed E-state index contributed by atoms with van der Waals surface area (Å²) in [6.45, 7) is 2.92. The van der Waals surface area contributed by atoms with Crippen LogP contribution in [0, 0.1) is 0 Å². The van der Waals surface area contributed by atoms with Gasteiger partial charge in [0.1, 0.15) is 0 Å². The van der Waals surface area contributed by atoms with Crippen LogP contribution in [0.2, 0.25) is 0 Å². The maximum absolute atomic E-state index is 5.41. The summed E-state index contributed by atoms with van der Waals surface area (Å²) in [5.74, 6) is 0. The van der Waals surface area contributed by atoms with Crippen LogP contribution in [-0.2, 0) is 0 Å². The minimum absolute atomic E-state index is 0.528. The highest BCUT2D eigenvalue weighted by molar-refractivity contribution is 4.62. The third-order valence-electron chi connectivity index (χ3n) is 1.33. The van der Waals surface area contributed by atoms with Gasteiger partial charge in [0.2, 0.25) is 0 Å². The summed E-state index contributed by atoms with van der Waals surface area (Å²) in [6.07, 6.45) is 2.40. The molecule has 3 N–H and O–H groups in total. The van der Waals surface area contributed by atoms with E-state index >= 15 is 0 Å². The van der Waals surface area contributed by atoms with Crippen molar-refractivity contribution in [1.29, 1.82) is 0 Å². The zero-order valence-electron chi connectivity index (χ0n) is 5.78. The SMILES string of the molecule is CCC[C@H](CN)NC. The highest BCUT2D eigenvalue weighted by Gasteiger charge is 1.97. The van der Waals surface area contributed by atoms with E-state index in [9.17, 15) is 0 Å². The number of hydrogen-bond acceptors (Lipinski definition) is 2. The van der Waals surface area contributed by atoms with E-state index in [4.69, 9.17) is 5.73 Å². The van der Waals surface area contributed by atoms with Gasteiger partial charge >= 0.3 is 0 Å². The fraction of sp³-hybridized carbons (Fsp3) is 1.00. The first-order valence-electron chi connectivity index (χ1n) is 3.22. The van der Waals surface area contributed by atoms with Crippen LogP contribution in [0.1, 0.15) is 19.8 Å². The van der Waals surface area contributed by atoms with Gasteiger partial charge in [0.05, 0.1) is 0 Å². The molecule has 8 heavy (non-hydrogen) atoms. The van der Waals surface area contributed by atoms with Crippen molar-refractivity contribution < 1.29 is 0 Å². The van der Waals surface area contributed by atoms with E-state index in [1.807, 2.05) is 7.05 Å². The largest absolute Gasteiger partial charge is 0.329 e. The summed E-state index contributed by atoms with van der Waals surface area (Å²) in [6, 6.07) is 0.528. The Labute approximate surface area is 51.5 Å². The third-order valence-corrected chi connectivity index (χ3v) is 1.33. The molecule has 0 aliphatic rings. The number of rotatable bonds is 4. The Kier molecular flexibility index (Phi) is 5.01. The third kappa shape index (κ3) is 2.99. The molecule has 0 heterocycles. The first-order chi connectivity index (χ1) is 3.85. The van der Waals surface area contributed by atoms with E-state index in [1.165, 1.54) is 12.8 Å². The smallest absolute Gasteiger partial charge is 0.0187 e. The summed E-state index contributed by atoms with van der Waals surface area (Å²) >= 11 is 0. The lowest BCUT2D eigenvalue weighted by Crippen LogP contribution is -2.32. The minimum Gasteiger partial charge on any atom is -0.329 e. The Hall–Kier alpha value is -0.0800. The fourth-order valence-corrected chi connectivity index (χ4v) is 0.729. The molecule has 0 aromatic carbocycles. The maximum Gasteiger partial charge on any atom is 0.0187 e. The molecule has 0 aliphatic heterocycles. The second kappa shape index (κ2) is 5.06. The molecule has 0 aromatic rings. The average Bonchev–Trinajstić information content (AvgIpc) is 1.83. The van der Waals surface area contributed by atoms with Crippen LogP contribution in [0.5, 0.6) is 0 Å². The van der Waals surface area contributed by atoms with E-state index in [1.54, 1.807) is 0 Å². The van der Waals surface area contributed by atoms with Crippen LogP contribution in [-0.4, -0.2) is 19.6 Å². The van der Waals surface area contributed by atoms with E-state index in [-0.39, 0.29) is 0 Å². The number of hydrogen-bond donors (Lipinski definition) is 2. The van der Waals surface area contributed by atoms with Crippen molar-refractivity contribution in [2.45, 2.75) is 25.8 Å². The number of nitrogens with one attached hydrogen (secondary N) is 1. The first-order valence-corrected chi connectivity index (χ1v) is 3.22. The Morgan fingerprint density at radius 3 is 2.38 bits per heavy atom. The second-order valence-corrected chi connectivity index (χ2v) is 2.01. The second-order valence-electron chi connectivity index (χ2n) is 2.01. The maximum atomic E-state index is 5.41. The van der Waals surface area contributed by atoms with Crippen molar-refractivity contribution in [3.63, 3.8) is 0 Å². The standard InChI is InChI=1S/C6H16N2/c1-3-4-6(5-7)8-2/h6,8H,3-5,7H2,1-2H3/t6-/m1/s1. The topological polar surface area (TPSA) is 38.0 Å². The molecule has 0 radical (unpaired) electrons. The lowest BCUT2D eigenvalue weighted by atomic mass is 10.2. The number of likely N-dealkylation sites (N-methyl/N-ethyl adjacent to an activating group) is 1. The van der Waals surface area contributed by atoms with Gasteiger partial charge in [-0.25, -0.2) is 0 Å². The van der Waals surface area contributed by atoms with E-state index in [0.717, 1.165) is 6.54 Å². The van der Waals surface area contributed by atoms with Crippen molar-refractivity contribution >= 4 is 0 Å². The molecular weight excluding hydrogens is 100 g/mol. The van der Waals surface area contributed by atoms with Crippen molar-refractivity contribution in [1.82, 2.24) is 5.32 Å². The van der Waals surface area contributed by atoms with Gasteiger partial charge in [0.15, 0.2) is 0 Å². The highest BCUT2D eigenvalue weighted by atomic mass is 14.9. The van der Waals surface area contributed by atoms with Crippen molar-refractivity contribution in [3.05, 3.63) is 0 Å². The Morgan fingerprint density at radius 2 is 2.25 bits per heavy atom. The summed E-state index contributed by atoms with van der Waals surface area (Å²) in [4.78, 5) is 0. The molecule has 0 spiro atoms. The molecule has 0 aliphatic carbocycles. The van der Waals surface area contributed by atoms with Crippen LogP contribution in [0.15, 0.2) is 0 Å².